The molecule has 1 amide bonds. The van der Waals surface area contributed by atoms with Crippen LogP contribution in [-0.4, -0.2) is 33.9 Å². The highest BCUT2D eigenvalue weighted by Crippen LogP contribution is 2.50. The molecule has 32 heavy (non-hydrogen) atoms. The van der Waals surface area contributed by atoms with E-state index in [9.17, 15) is 9.90 Å². The Bertz CT molecular complexity index is 1170. The van der Waals surface area contributed by atoms with Crippen molar-refractivity contribution >= 4 is 46.0 Å². The van der Waals surface area contributed by atoms with E-state index in [1.165, 1.54) is 16.7 Å². The van der Waals surface area contributed by atoms with Crippen LogP contribution >= 0.6 is 35.0 Å². The molecule has 1 atom stereocenters. The van der Waals surface area contributed by atoms with Gasteiger partial charge in [0, 0.05) is 15.6 Å². The monoisotopic (exact) mass is 484 g/mol. The average Bonchev–Trinajstić information content (AvgIpc) is 3.30. The number of thioether (sulfide) groups is 1. The van der Waals surface area contributed by atoms with Crippen molar-refractivity contribution in [3.05, 3.63) is 99.5 Å². The molecule has 162 valence electrons. The van der Waals surface area contributed by atoms with E-state index >= 15 is 0 Å². The number of benzene rings is 3. The number of methoxy groups -OCH3 is 1. The number of hydrogen-bond acceptors (Lipinski definition) is 5. The molecule has 1 N–H and O–H groups in total. The van der Waals surface area contributed by atoms with Gasteiger partial charge in [0.05, 0.1) is 12.9 Å². The van der Waals surface area contributed by atoms with Crippen molar-refractivity contribution in [3.8, 4) is 5.75 Å². The molecule has 0 aliphatic carbocycles. The van der Waals surface area contributed by atoms with Crippen molar-refractivity contribution in [3.63, 3.8) is 0 Å². The number of fused-ring (bicyclic) bond motifs is 1. The zero-order valence-corrected chi connectivity index (χ0v) is 19.3. The van der Waals surface area contributed by atoms with Crippen molar-refractivity contribution < 1.29 is 14.6 Å². The number of ether oxygens (including phenoxy) is 1. The van der Waals surface area contributed by atoms with Crippen LogP contribution in [0.4, 0.5) is 0 Å². The summed E-state index contributed by atoms with van der Waals surface area (Å²) in [5, 5.41) is 13.3. The van der Waals surface area contributed by atoms with Gasteiger partial charge in [0.15, 0.2) is 16.4 Å². The van der Waals surface area contributed by atoms with Crippen molar-refractivity contribution in [2.24, 2.45) is 4.99 Å². The number of carbonyl (C=O) groups is 1. The Hall–Kier alpha value is -2.51. The average molecular weight is 485 g/mol. The van der Waals surface area contributed by atoms with Gasteiger partial charge in [-0.15, -0.1) is 0 Å². The number of carbonyl (C=O) groups excluding carboxylic acids is 1. The van der Waals surface area contributed by atoms with Gasteiger partial charge in [-0.3, -0.25) is 9.69 Å². The van der Waals surface area contributed by atoms with Crippen LogP contribution in [0.15, 0.2) is 77.8 Å². The second-order valence-corrected chi connectivity index (χ2v) is 9.41. The summed E-state index contributed by atoms with van der Waals surface area (Å²) in [5.41, 5.74) is -0.971. The highest BCUT2D eigenvalue weighted by atomic mass is 35.5. The van der Waals surface area contributed by atoms with Crippen molar-refractivity contribution in [1.29, 1.82) is 0 Å². The Morgan fingerprint density at radius 2 is 1.41 bits per heavy atom. The van der Waals surface area contributed by atoms with E-state index < -0.39 is 11.3 Å². The fraction of sp³-hybridized carbons (Fsp3) is 0.167. The van der Waals surface area contributed by atoms with Gasteiger partial charge < -0.3 is 9.84 Å². The SMILES string of the molecule is COc1ccc(C2(O)CSC3=NC(c4ccc(Cl)cc4)(c4ccc(Cl)cc4)C(=O)N32)cc1. The first kappa shape index (κ1) is 21.3. The third-order valence-corrected chi connectivity index (χ3v) is 7.40. The second kappa shape index (κ2) is 7.81. The summed E-state index contributed by atoms with van der Waals surface area (Å²) in [6, 6.07) is 21.1. The minimum atomic E-state index is -1.53. The van der Waals surface area contributed by atoms with Gasteiger partial charge in [-0.25, -0.2) is 4.99 Å². The van der Waals surface area contributed by atoms with Gasteiger partial charge in [-0.05, 0) is 47.5 Å². The van der Waals surface area contributed by atoms with Gasteiger partial charge in [0.2, 0.25) is 0 Å². The number of halogens is 2. The smallest absolute Gasteiger partial charge is 0.268 e. The molecule has 3 aromatic carbocycles. The molecular weight excluding hydrogens is 467 g/mol. The van der Waals surface area contributed by atoms with Gasteiger partial charge in [-0.1, -0.05) is 71.4 Å². The lowest BCUT2D eigenvalue weighted by atomic mass is 9.82. The van der Waals surface area contributed by atoms with Gasteiger partial charge in [0.25, 0.3) is 5.91 Å². The summed E-state index contributed by atoms with van der Waals surface area (Å²) < 4.78 is 5.23. The third-order valence-electron chi connectivity index (χ3n) is 5.82. The molecule has 5 rings (SSSR count). The Morgan fingerprint density at radius 3 is 1.91 bits per heavy atom. The van der Waals surface area contributed by atoms with Gasteiger partial charge in [0.1, 0.15) is 5.75 Å². The number of hydrogen-bond donors (Lipinski definition) is 1. The first-order valence-corrected chi connectivity index (χ1v) is 11.6. The number of nitrogens with zero attached hydrogens (tertiary/aromatic N) is 2. The summed E-state index contributed by atoms with van der Waals surface area (Å²) >= 11 is 13.6. The first-order chi connectivity index (χ1) is 15.4. The number of amides is 1. The lowest BCUT2D eigenvalue weighted by Gasteiger charge is -2.34. The van der Waals surface area contributed by atoms with Crippen molar-refractivity contribution in [1.82, 2.24) is 4.90 Å². The van der Waals surface area contributed by atoms with E-state index in [2.05, 4.69) is 0 Å². The largest absolute Gasteiger partial charge is 0.497 e. The van der Waals surface area contributed by atoms with E-state index in [1.54, 1.807) is 79.9 Å². The molecule has 0 aromatic heterocycles. The van der Waals surface area contributed by atoms with E-state index in [4.69, 9.17) is 32.9 Å². The number of aliphatic hydroxyl groups is 1. The Morgan fingerprint density at radius 1 is 0.906 bits per heavy atom. The highest BCUT2D eigenvalue weighted by molar-refractivity contribution is 8.14. The first-order valence-electron chi connectivity index (χ1n) is 9.85. The van der Waals surface area contributed by atoms with Crippen LogP contribution in [0.1, 0.15) is 16.7 Å². The van der Waals surface area contributed by atoms with E-state index in [1.807, 2.05) is 0 Å². The van der Waals surface area contributed by atoms with Crippen molar-refractivity contribution in [2.45, 2.75) is 11.3 Å². The second-order valence-electron chi connectivity index (χ2n) is 7.59. The Labute approximate surface area is 199 Å². The highest BCUT2D eigenvalue weighted by Gasteiger charge is 2.60. The predicted molar refractivity (Wildman–Crippen MR) is 127 cm³/mol. The molecule has 0 saturated carbocycles. The van der Waals surface area contributed by atoms with Crippen LogP contribution in [0, 0.1) is 0 Å². The molecule has 2 aliphatic heterocycles. The fourth-order valence-corrected chi connectivity index (χ4v) is 5.58. The predicted octanol–water partition coefficient (Wildman–Crippen LogP) is 5.04. The molecule has 0 bridgehead atoms. The standard InChI is InChI=1S/C24H18Cl2N2O3S/c1-31-20-12-6-15(7-13-20)23(30)14-32-22-27-24(21(29)28(22)23,16-2-8-18(25)9-3-16)17-4-10-19(26)11-5-17/h2-13,30H,14H2,1H3. The maximum Gasteiger partial charge on any atom is 0.268 e. The Kier molecular flexibility index (Phi) is 5.21. The molecular formula is C24H18Cl2N2O3S. The molecule has 3 aromatic rings. The van der Waals surface area contributed by atoms with Crippen LogP contribution in [0.25, 0.3) is 0 Å². The molecule has 8 heteroatoms. The fourth-order valence-electron chi connectivity index (χ4n) is 4.14. The minimum Gasteiger partial charge on any atom is -0.497 e. The number of aliphatic imine (C=N–C) groups is 1. The van der Waals surface area contributed by atoms with Crippen LogP contribution in [-0.2, 0) is 16.1 Å². The molecule has 2 aliphatic rings. The molecule has 1 unspecified atom stereocenters. The normalized spacial score (nSPS) is 21.4. The molecule has 1 fully saturated rings. The van der Waals surface area contributed by atoms with E-state index in [0.29, 0.717) is 37.7 Å². The van der Waals surface area contributed by atoms with Crippen LogP contribution in [0.5, 0.6) is 5.75 Å². The maximum absolute atomic E-state index is 14.1. The maximum atomic E-state index is 14.1. The van der Waals surface area contributed by atoms with E-state index in [-0.39, 0.29) is 11.7 Å². The lowest BCUT2D eigenvalue weighted by molar-refractivity contribution is -0.145. The lowest BCUT2D eigenvalue weighted by Crippen LogP contribution is -2.51. The molecule has 0 radical (unpaired) electrons. The quantitative estimate of drug-likeness (QED) is 0.563. The zero-order chi connectivity index (χ0) is 22.5. The number of amidine groups is 1. The van der Waals surface area contributed by atoms with Crippen molar-refractivity contribution in [2.75, 3.05) is 12.9 Å². The summed E-state index contributed by atoms with van der Waals surface area (Å²) in [7, 11) is 1.58. The van der Waals surface area contributed by atoms with Crippen LogP contribution in [0.2, 0.25) is 10.0 Å². The number of rotatable bonds is 4. The van der Waals surface area contributed by atoms with E-state index in [0.717, 1.165) is 0 Å². The summed E-state index contributed by atoms with van der Waals surface area (Å²) in [6.45, 7) is 0. The molecule has 2 heterocycles. The molecule has 5 nitrogen and oxygen atoms in total. The third kappa shape index (κ3) is 3.13. The Balaban J connectivity index is 1.66. The minimum absolute atomic E-state index is 0.279. The van der Waals surface area contributed by atoms with Gasteiger partial charge in [-0.2, -0.15) is 0 Å². The summed E-state index contributed by atoms with van der Waals surface area (Å²) in [6.07, 6.45) is 0. The molecule has 0 spiro atoms. The summed E-state index contributed by atoms with van der Waals surface area (Å²) in [5.74, 6) is 0.614. The van der Waals surface area contributed by atoms with Gasteiger partial charge >= 0.3 is 0 Å². The zero-order valence-electron chi connectivity index (χ0n) is 17.0. The van der Waals surface area contributed by atoms with Crippen LogP contribution < -0.4 is 4.74 Å². The summed E-state index contributed by atoms with van der Waals surface area (Å²) in [4.78, 5) is 20.4. The molecule has 1 saturated heterocycles. The topological polar surface area (TPSA) is 62.1 Å². The van der Waals surface area contributed by atoms with Crippen LogP contribution in [0.3, 0.4) is 0 Å².